The number of ether oxygens (including phenoxy) is 3. The van der Waals surface area contributed by atoms with E-state index in [1.54, 1.807) is 54.6 Å². The Morgan fingerprint density at radius 2 is 1.74 bits per heavy atom. The van der Waals surface area contributed by atoms with Crippen LogP contribution in [0.5, 0.6) is 0 Å². The molecule has 2 aliphatic rings. The maximum Gasteiger partial charge on any atom is 0.338 e. The zero-order chi connectivity index (χ0) is 24.9. The van der Waals surface area contributed by atoms with Gasteiger partial charge in [0.15, 0.2) is 0 Å². The standard InChI is InChI=1S/C26H27NO7S/c1-3-14-32-22-20(27-23(29)17-12-8-9-13-18(17)24(27)30)26(35-4-2)34-19(21(22)28)15-33-25(31)16-10-6-5-7-11-16/h3,5-13,19-22,26,28H,1,4,14-15H2,2H3/t19-,20-,21+,22-,26+/m1/s1. The van der Waals surface area contributed by atoms with E-state index in [-0.39, 0.29) is 13.2 Å². The number of carbonyl (C=O) groups is 3. The van der Waals surface area contributed by atoms with Crippen LogP contribution >= 0.6 is 11.8 Å². The van der Waals surface area contributed by atoms with Gasteiger partial charge in [-0.2, -0.15) is 0 Å². The Bertz CT molecular complexity index is 1060. The first-order valence-corrected chi connectivity index (χ1v) is 12.4. The predicted octanol–water partition coefficient (Wildman–Crippen LogP) is 2.92. The Labute approximate surface area is 207 Å². The molecule has 184 valence electrons. The number of aliphatic hydroxyl groups is 1. The molecule has 35 heavy (non-hydrogen) atoms. The lowest BCUT2D eigenvalue weighted by Crippen LogP contribution is -2.65. The monoisotopic (exact) mass is 497 g/mol. The van der Waals surface area contributed by atoms with Gasteiger partial charge in [0.1, 0.15) is 36.4 Å². The number of fused-ring (bicyclic) bond motifs is 1. The number of imide groups is 1. The molecule has 0 spiro atoms. The zero-order valence-corrected chi connectivity index (χ0v) is 20.1. The van der Waals surface area contributed by atoms with E-state index in [4.69, 9.17) is 14.2 Å². The van der Waals surface area contributed by atoms with Crippen molar-refractivity contribution in [3.05, 3.63) is 83.9 Å². The van der Waals surface area contributed by atoms with Crippen molar-refractivity contribution in [1.29, 1.82) is 0 Å². The molecule has 0 bridgehead atoms. The van der Waals surface area contributed by atoms with Crippen LogP contribution in [0.4, 0.5) is 0 Å². The van der Waals surface area contributed by atoms with Crippen LogP contribution in [0.2, 0.25) is 0 Å². The van der Waals surface area contributed by atoms with Crippen molar-refractivity contribution in [2.75, 3.05) is 19.0 Å². The highest BCUT2D eigenvalue weighted by atomic mass is 32.2. The molecular weight excluding hydrogens is 470 g/mol. The van der Waals surface area contributed by atoms with E-state index in [0.717, 1.165) is 4.90 Å². The van der Waals surface area contributed by atoms with Gasteiger partial charge in [-0.15, -0.1) is 18.3 Å². The SMILES string of the molecule is C=CCO[C@H]1[C@@H](O)[C@@H](COC(=O)c2ccccc2)O[C@@H](SCC)[C@@H]1N1C(=O)c2ccccc2C1=O. The summed E-state index contributed by atoms with van der Waals surface area (Å²) in [5.41, 5.74) is 0.267. The maximum atomic E-state index is 13.2. The van der Waals surface area contributed by atoms with Gasteiger partial charge in [-0.05, 0) is 30.0 Å². The summed E-state index contributed by atoms with van der Waals surface area (Å²) in [5, 5.41) is 11.2. The Hall–Kier alpha value is -2.98. The molecule has 0 radical (unpaired) electrons. The lowest BCUT2D eigenvalue weighted by atomic mass is 9.96. The lowest BCUT2D eigenvalue weighted by Gasteiger charge is -2.46. The molecule has 0 aromatic heterocycles. The van der Waals surface area contributed by atoms with Gasteiger partial charge in [-0.25, -0.2) is 4.79 Å². The number of carbonyl (C=O) groups excluding carboxylic acids is 3. The largest absolute Gasteiger partial charge is 0.459 e. The molecule has 1 N–H and O–H groups in total. The molecule has 1 fully saturated rings. The summed E-state index contributed by atoms with van der Waals surface area (Å²) in [6.07, 6.45) is -1.66. The lowest BCUT2D eigenvalue weighted by molar-refractivity contribution is -0.194. The smallest absolute Gasteiger partial charge is 0.338 e. The minimum absolute atomic E-state index is 0.0848. The summed E-state index contributed by atoms with van der Waals surface area (Å²) in [6.45, 7) is 5.44. The Balaban J connectivity index is 1.60. The highest BCUT2D eigenvalue weighted by molar-refractivity contribution is 7.99. The van der Waals surface area contributed by atoms with Crippen LogP contribution in [0, 0.1) is 0 Å². The normalized spacial score (nSPS) is 25.9. The third-order valence-electron chi connectivity index (χ3n) is 5.89. The van der Waals surface area contributed by atoms with Gasteiger partial charge < -0.3 is 19.3 Å². The minimum atomic E-state index is -1.28. The van der Waals surface area contributed by atoms with Crippen molar-refractivity contribution in [2.24, 2.45) is 0 Å². The van der Waals surface area contributed by atoms with Crippen molar-refractivity contribution >= 4 is 29.5 Å². The molecular formula is C26H27NO7S. The van der Waals surface area contributed by atoms with Crippen LogP contribution in [0.15, 0.2) is 67.3 Å². The van der Waals surface area contributed by atoms with Crippen LogP contribution in [-0.4, -0.2) is 76.5 Å². The van der Waals surface area contributed by atoms with E-state index in [1.807, 2.05) is 6.92 Å². The molecule has 5 atom stereocenters. The van der Waals surface area contributed by atoms with Crippen LogP contribution in [0.25, 0.3) is 0 Å². The second-order valence-electron chi connectivity index (χ2n) is 8.06. The van der Waals surface area contributed by atoms with Gasteiger partial charge in [-0.1, -0.05) is 43.3 Å². The number of nitrogens with zero attached hydrogens (tertiary/aromatic N) is 1. The Kier molecular flexibility index (Phi) is 8.02. The molecule has 2 amide bonds. The average molecular weight is 498 g/mol. The van der Waals surface area contributed by atoms with E-state index < -0.39 is 47.6 Å². The van der Waals surface area contributed by atoms with Crippen LogP contribution in [0.3, 0.4) is 0 Å². The summed E-state index contributed by atoms with van der Waals surface area (Å²) in [5.74, 6) is -0.860. The molecule has 2 aliphatic heterocycles. The van der Waals surface area contributed by atoms with E-state index in [0.29, 0.717) is 22.4 Å². The van der Waals surface area contributed by atoms with Gasteiger partial charge in [0.2, 0.25) is 0 Å². The summed E-state index contributed by atoms with van der Waals surface area (Å²) in [7, 11) is 0. The Morgan fingerprint density at radius 3 is 2.34 bits per heavy atom. The number of aliphatic hydroxyl groups excluding tert-OH is 1. The quantitative estimate of drug-likeness (QED) is 0.321. The van der Waals surface area contributed by atoms with Crippen LogP contribution in [-0.2, 0) is 14.2 Å². The molecule has 9 heteroatoms. The topological polar surface area (TPSA) is 102 Å². The maximum absolute atomic E-state index is 13.2. The first-order valence-electron chi connectivity index (χ1n) is 11.3. The molecule has 0 saturated carbocycles. The third kappa shape index (κ3) is 5.04. The summed E-state index contributed by atoms with van der Waals surface area (Å²) >= 11 is 1.38. The van der Waals surface area contributed by atoms with Crippen molar-refractivity contribution in [1.82, 2.24) is 4.90 Å². The van der Waals surface area contributed by atoms with Crippen molar-refractivity contribution < 1.29 is 33.7 Å². The third-order valence-corrected chi connectivity index (χ3v) is 6.94. The highest BCUT2D eigenvalue weighted by Crippen LogP contribution is 2.37. The second kappa shape index (κ2) is 11.2. The molecule has 1 saturated heterocycles. The van der Waals surface area contributed by atoms with E-state index in [9.17, 15) is 19.5 Å². The van der Waals surface area contributed by atoms with E-state index in [1.165, 1.54) is 17.8 Å². The second-order valence-corrected chi connectivity index (χ2v) is 9.43. The van der Waals surface area contributed by atoms with Crippen LogP contribution < -0.4 is 0 Å². The molecule has 2 aromatic carbocycles. The van der Waals surface area contributed by atoms with Crippen molar-refractivity contribution in [2.45, 2.75) is 36.7 Å². The van der Waals surface area contributed by atoms with Crippen molar-refractivity contribution in [3.63, 3.8) is 0 Å². The van der Waals surface area contributed by atoms with Crippen LogP contribution in [0.1, 0.15) is 38.0 Å². The van der Waals surface area contributed by atoms with Gasteiger partial charge in [-0.3, -0.25) is 14.5 Å². The fourth-order valence-electron chi connectivity index (χ4n) is 4.28. The van der Waals surface area contributed by atoms with E-state index >= 15 is 0 Å². The highest BCUT2D eigenvalue weighted by Gasteiger charge is 2.54. The van der Waals surface area contributed by atoms with Gasteiger partial charge in [0, 0.05) is 0 Å². The van der Waals surface area contributed by atoms with Crippen molar-refractivity contribution in [3.8, 4) is 0 Å². The van der Waals surface area contributed by atoms with Gasteiger partial charge in [0.25, 0.3) is 11.8 Å². The fourth-order valence-corrected chi connectivity index (χ4v) is 5.30. The molecule has 0 unspecified atom stereocenters. The molecule has 0 aliphatic carbocycles. The van der Waals surface area contributed by atoms with E-state index in [2.05, 4.69) is 6.58 Å². The number of esters is 1. The summed E-state index contributed by atoms with van der Waals surface area (Å²) in [6, 6.07) is 14.2. The minimum Gasteiger partial charge on any atom is -0.459 e. The number of hydrogen-bond donors (Lipinski definition) is 1. The first kappa shape index (κ1) is 25.1. The average Bonchev–Trinajstić information content (AvgIpc) is 3.13. The van der Waals surface area contributed by atoms with Gasteiger partial charge >= 0.3 is 5.97 Å². The molecule has 4 rings (SSSR count). The number of amides is 2. The number of hydrogen-bond acceptors (Lipinski definition) is 8. The zero-order valence-electron chi connectivity index (χ0n) is 19.2. The molecule has 8 nitrogen and oxygen atoms in total. The molecule has 2 heterocycles. The Morgan fingerprint density at radius 1 is 1.11 bits per heavy atom. The molecule has 2 aromatic rings. The number of thioether (sulfide) groups is 1. The predicted molar refractivity (Wildman–Crippen MR) is 130 cm³/mol. The number of rotatable bonds is 9. The fraction of sp³-hybridized carbons (Fsp3) is 0.346. The summed E-state index contributed by atoms with van der Waals surface area (Å²) < 4.78 is 17.5. The van der Waals surface area contributed by atoms with Gasteiger partial charge in [0.05, 0.1) is 23.3 Å². The first-order chi connectivity index (χ1) is 17.0. The summed E-state index contributed by atoms with van der Waals surface area (Å²) in [4.78, 5) is 40.1. The number of benzene rings is 2.